The Morgan fingerprint density at radius 1 is 1.27 bits per heavy atom. The smallest absolute Gasteiger partial charge is 0.100 e. The zero-order valence-corrected chi connectivity index (χ0v) is 10.6. The van der Waals surface area contributed by atoms with E-state index in [4.69, 9.17) is 5.26 Å². The standard InChI is InChI=1S/C7H2Br2IN/c8-6-4(3-11)1-2-5(10)7(6)9/h1-2H. The second-order valence-electron chi connectivity index (χ2n) is 1.83. The lowest BCUT2D eigenvalue weighted by molar-refractivity contribution is 1.43. The summed E-state index contributed by atoms with van der Waals surface area (Å²) in [4.78, 5) is 0. The molecule has 1 rings (SSSR count). The maximum atomic E-state index is 8.63. The van der Waals surface area contributed by atoms with Crippen molar-refractivity contribution < 1.29 is 0 Å². The minimum Gasteiger partial charge on any atom is -0.192 e. The minimum absolute atomic E-state index is 0.650. The number of hydrogen-bond acceptors (Lipinski definition) is 1. The van der Waals surface area contributed by atoms with Crippen LogP contribution in [-0.4, -0.2) is 0 Å². The molecule has 0 N–H and O–H groups in total. The summed E-state index contributed by atoms with van der Waals surface area (Å²) < 4.78 is 2.86. The number of halogens is 3. The number of rotatable bonds is 0. The second kappa shape index (κ2) is 3.87. The molecule has 0 radical (unpaired) electrons. The Morgan fingerprint density at radius 2 is 1.91 bits per heavy atom. The van der Waals surface area contributed by atoms with E-state index in [1.54, 1.807) is 6.07 Å². The minimum atomic E-state index is 0.650. The first-order valence-corrected chi connectivity index (χ1v) is 5.37. The first kappa shape index (κ1) is 9.49. The van der Waals surface area contributed by atoms with Crippen molar-refractivity contribution in [2.24, 2.45) is 0 Å². The molecule has 0 saturated heterocycles. The molecule has 0 aliphatic rings. The van der Waals surface area contributed by atoms with Gasteiger partial charge in [-0.15, -0.1) is 0 Å². The zero-order valence-electron chi connectivity index (χ0n) is 5.24. The van der Waals surface area contributed by atoms with Crippen molar-refractivity contribution in [1.82, 2.24) is 0 Å². The van der Waals surface area contributed by atoms with E-state index < -0.39 is 0 Å². The van der Waals surface area contributed by atoms with Crippen LogP contribution in [0.1, 0.15) is 5.56 Å². The summed E-state index contributed by atoms with van der Waals surface area (Å²) in [6.07, 6.45) is 0. The van der Waals surface area contributed by atoms with E-state index in [1.807, 2.05) is 6.07 Å². The SMILES string of the molecule is N#Cc1ccc(I)c(Br)c1Br. The largest absolute Gasteiger partial charge is 0.192 e. The maximum Gasteiger partial charge on any atom is 0.100 e. The van der Waals surface area contributed by atoms with Gasteiger partial charge in [0.25, 0.3) is 0 Å². The van der Waals surface area contributed by atoms with Crippen molar-refractivity contribution in [3.63, 3.8) is 0 Å². The van der Waals surface area contributed by atoms with E-state index in [-0.39, 0.29) is 0 Å². The summed E-state index contributed by atoms with van der Waals surface area (Å²) in [5.41, 5.74) is 0.650. The van der Waals surface area contributed by atoms with Crippen molar-refractivity contribution in [1.29, 1.82) is 5.26 Å². The van der Waals surface area contributed by atoms with Crippen LogP contribution in [0.25, 0.3) is 0 Å². The number of nitrogens with zero attached hydrogens (tertiary/aromatic N) is 1. The van der Waals surface area contributed by atoms with Crippen LogP contribution in [-0.2, 0) is 0 Å². The predicted molar refractivity (Wildman–Crippen MR) is 59.3 cm³/mol. The molecule has 0 aromatic heterocycles. The van der Waals surface area contributed by atoms with Crippen LogP contribution < -0.4 is 0 Å². The molecule has 1 aromatic rings. The van der Waals surface area contributed by atoms with Gasteiger partial charge in [0, 0.05) is 8.04 Å². The maximum absolute atomic E-state index is 8.63. The average Bonchev–Trinajstić information content (AvgIpc) is 2.01. The van der Waals surface area contributed by atoms with Gasteiger partial charge >= 0.3 is 0 Å². The molecule has 56 valence electrons. The monoisotopic (exact) mass is 385 g/mol. The molecule has 0 saturated carbocycles. The molecule has 1 aromatic carbocycles. The third kappa shape index (κ3) is 1.95. The highest BCUT2D eigenvalue weighted by Gasteiger charge is 2.05. The zero-order chi connectivity index (χ0) is 8.43. The molecule has 0 atom stereocenters. The summed E-state index contributed by atoms with van der Waals surface area (Å²) in [7, 11) is 0. The van der Waals surface area contributed by atoms with Crippen molar-refractivity contribution in [3.8, 4) is 6.07 Å². The summed E-state index contributed by atoms with van der Waals surface area (Å²) in [5, 5.41) is 8.63. The van der Waals surface area contributed by atoms with Gasteiger partial charge in [0.05, 0.1) is 10.0 Å². The van der Waals surface area contributed by atoms with E-state index in [9.17, 15) is 0 Å². The van der Waals surface area contributed by atoms with Crippen molar-refractivity contribution >= 4 is 54.5 Å². The van der Waals surface area contributed by atoms with Gasteiger partial charge in [0.1, 0.15) is 6.07 Å². The van der Waals surface area contributed by atoms with E-state index in [1.165, 1.54) is 0 Å². The van der Waals surface area contributed by atoms with E-state index in [0.717, 1.165) is 12.5 Å². The van der Waals surface area contributed by atoms with Gasteiger partial charge in [-0.25, -0.2) is 0 Å². The lowest BCUT2D eigenvalue weighted by Crippen LogP contribution is -1.81. The Morgan fingerprint density at radius 3 is 2.45 bits per heavy atom. The fourth-order valence-electron chi connectivity index (χ4n) is 0.612. The molecule has 4 heteroatoms. The Bertz CT molecular complexity index is 330. The molecule has 0 heterocycles. The fourth-order valence-corrected chi connectivity index (χ4v) is 2.21. The van der Waals surface area contributed by atoms with Crippen LogP contribution in [0.2, 0.25) is 0 Å². The van der Waals surface area contributed by atoms with Gasteiger partial charge in [-0.2, -0.15) is 5.26 Å². The van der Waals surface area contributed by atoms with Crippen LogP contribution in [0.3, 0.4) is 0 Å². The fraction of sp³-hybridized carbons (Fsp3) is 0. The van der Waals surface area contributed by atoms with Crippen LogP contribution in [0.15, 0.2) is 21.1 Å². The Balaban J connectivity index is 3.40. The van der Waals surface area contributed by atoms with Gasteiger partial charge in [0.15, 0.2) is 0 Å². The molecule has 0 aliphatic heterocycles. The highest BCUT2D eigenvalue weighted by Crippen LogP contribution is 2.30. The van der Waals surface area contributed by atoms with Gasteiger partial charge in [0.2, 0.25) is 0 Å². The van der Waals surface area contributed by atoms with Crippen LogP contribution in [0, 0.1) is 14.9 Å². The van der Waals surface area contributed by atoms with Crippen LogP contribution in [0.4, 0.5) is 0 Å². The third-order valence-corrected chi connectivity index (χ3v) is 4.98. The Kier molecular flexibility index (Phi) is 3.34. The molecule has 0 bridgehead atoms. The number of nitriles is 1. The molecular formula is C7H2Br2IN. The van der Waals surface area contributed by atoms with Gasteiger partial charge in [-0.05, 0) is 66.6 Å². The number of benzene rings is 1. The highest BCUT2D eigenvalue weighted by molar-refractivity contribution is 14.1. The van der Waals surface area contributed by atoms with Gasteiger partial charge < -0.3 is 0 Å². The first-order chi connectivity index (χ1) is 5.16. The van der Waals surface area contributed by atoms with E-state index in [0.29, 0.717) is 5.56 Å². The van der Waals surface area contributed by atoms with E-state index >= 15 is 0 Å². The quantitative estimate of drug-likeness (QED) is 0.493. The van der Waals surface area contributed by atoms with Crippen molar-refractivity contribution in [2.45, 2.75) is 0 Å². The van der Waals surface area contributed by atoms with Gasteiger partial charge in [-0.1, -0.05) is 0 Å². The topological polar surface area (TPSA) is 23.8 Å². The molecular weight excluding hydrogens is 385 g/mol. The predicted octanol–water partition coefficient (Wildman–Crippen LogP) is 3.69. The molecule has 11 heavy (non-hydrogen) atoms. The Hall–Kier alpha value is 0.400. The lowest BCUT2D eigenvalue weighted by Gasteiger charge is -1.99. The van der Waals surface area contributed by atoms with Crippen molar-refractivity contribution in [2.75, 3.05) is 0 Å². The molecule has 0 spiro atoms. The highest BCUT2D eigenvalue weighted by atomic mass is 127. The normalized spacial score (nSPS) is 9.27. The summed E-state index contributed by atoms with van der Waals surface area (Å²) in [5.74, 6) is 0. The van der Waals surface area contributed by atoms with Gasteiger partial charge in [-0.3, -0.25) is 0 Å². The van der Waals surface area contributed by atoms with E-state index in [2.05, 4.69) is 60.5 Å². The first-order valence-electron chi connectivity index (χ1n) is 2.70. The van der Waals surface area contributed by atoms with Crippen LogP contribution >= 0.6 is 54.5 Å². The lowest BCUT2D eigenvalue weighted by atomic mass is 10.2. The Labute approximate surface area is 95.2 Å². The number of hydrogen-bond donors (Lipinski definition) is 0. The molecule has 0 fully saturated rings. The van der Waals surface area contributed by atoms with Crippen LogP contribution in [0.5, 0.6) is 0 Å². The summed E-state index contributed by atoms with van der Waals surface area (Å²) in [6.45, 7) is 0. The molecule has 1 nitrogen and oxygen atoms in total. The molecule has 0 unspecified atom stereocenters. The summed E-state index contributed by atoms with van der Waals surface area (Å²) in [6, 6.07) is 5.77. The molecule has 0 aliphatic carbocycles. The second-order valence-corrected chi connectivity index (χ2v) is 4.58. The third-order valence-electron chi connectivity index (χ3n) is 1.16. The average molecular weight is 387 g/mol. The van der Waals surface area contributed by atoms with Crippen molar-refractivity contribution in [3.05, 3.63) is 30.2 Å². The summed E-state index contributed by atoms with van der Waals surface area (Å²) >= 11 is 8.88. The molecule has 0 amide bonds.